The lowest BCUT2D eigenvalue weighted by Gasteiger charge is -2.02. The third kappa shape index (κ3) is 6.56. The molecule has 0 spiro atoms. The number of nitrogens with two attached hydrogens (primary N) is 1. The third-order valence-corrected chi connectivity index (χ3v) is 3.28. The Morgan fingerprint density at radius 2 is 1.93 bits per heavy atom. The van der Waals surface area contributed by atoms with Crippen LogP contribution in [0.15, 0.2) is 45.6 Å². The molecule has 8 nitrogen and oxygen atoms in total. The van der Waals surface area contributed by atoms with Crippen LogP contribution in [0.1, 0.15) is 0 Å². The summed E-state index contributed by atoms with van der Waals surface area (Å²) in [6, 6.07) is 3.32. The van der Waals surface area contributed by atoms with Crippen LogP contribution in [0.5, 0.6) is 0 Å². The first-order valence-corrected chi connectivity index (χ1v) is 7.56. The molecule has 2 heterocycles. The lowest BCUT2D eigenvalue weighted by Crippen LogP contribution is -2.26. The minimum atomic E-state index is -5.08. The molecule has 0 aliphatic rings. The smallest absolute Gasteiger partial charge is 0.475 e. The summed E-state index contributed by atoms with van der Waals surface area (Å²) in [4.78, 5) is 25.0. The van der Waals surface area contributed by atoms with Gasteiger partial charge >= 0.3 is 17.8 Å². The Kier molecular flexibility index (Phi) is 7.78. The first-order valence-electron chi connectivity index (χ1n) is 6.77. The lowest BCUT2D eigenvalue weighted by atomic mass is 10.3. The van der Waals surface area contributed by atoms with Gasteiger partial charge in [-0.15, -0.1) is 0 Å². The molecular formula is C13H11BrF5N5O3. The molecule has 0 bridgehead atoms. The van der Waals surface area contributed by atoms with E-state index in [1.807, 2.05) is 0 Å². The molecule has 0 fully saturated rings. The topological polar surface area (TPSA) is 116 Å². The van der Waals surface area contributed by atoms with Crippen LogP contribution in [-0.4, -0.2) is 43.1 Å². The van der Waals surface area contributed by atoms with Gasteiger partial charge in [0.1, 0.15) is 12.1 Å². The maximum absolute atomic E-state index is 12.5. The fourth-order valence-corrected chi connectivity index (χ4v) is 1.83. The summed E-state index contributed by atoms with van der Waals surface area (Å²) >= 11 is 3.26. The van der Waals surface area contributed by atoms with E-state index in [9.17, 15) is 26.7 Å². The Morgan fingerprint density at radius 1 is 1.33 bits per heavy atom. The molecule has 0 aliphatic carbocycles. The maximum atomic E-state index is 12.5. The molecule has 0 saturated carbocycles. The van der Waals surface area contributed by atoms with E-state index in [0.717, 1.165) is 13.7 Å². The van der Waals surface area contributed by atoms with Crippen molar-refractivity contribution in [1.82, 2.24) is 19.3 Å². The normalized spacial score (nSPS) is 10.8. The van der Waals surface area contributed by atoms with Gasteiger partial charge in [-0.05, 0) is 12.1 Å². The molecule has 2 aromatic heterocycles. The van der Waals surface area contributed by atoms with Crippen molar-refractivity contribution in [2.75, 3.05) is 6.54 Å². The van der Waals surface area contributed by atoms with Gasteiger partial charge in [0.25, 0.3) is 6.08 Å². The highest BCUT2D eigenvalue weighted by atomic mass is 79.9. The zero-order valence-electron chi connectivity index (χ0n) is 13.1. The first-order chi connectivity index (χ1) is 12.5. The van der Waals surface area contributed by atoms with Crippen molar-refractivity contribution in [3.05, 3.63) is 51.3 Å². The molecule has 2 aromatic rings. The molecule has 0 amide bonds. The molecule has 0 radical (unpaired) electrons. The maximum Gasteiger partial charge on any atom is 0.490 e. The molecule has 0 aromatic carbocycles. The predicted octanol–water partition coefficient (Wildman–Crippen LogP) is 1.93. The number of pyridine rings is 1. The summed E-state index contributed by atoms with van der Waals surface area (Å²) in [5.41, 5.74) is 4.30. The van der Waals surface area contributed by atoms with Gasteiger partial charge in [-0.25, -0.2) is 23.8 Å². The van der Waals surface area contributed by atoms with E-state index < -0.39 is 23.9 Å². The van der Waals surface area contributed by atoms with Crippen molar-refractivity contribution in [1.29, 1.82) is 0 Å². The van der Waals surface area contributed by atoms with Gasteiger partial charge in [0.05, 0.1) is 6.54 Å². The van der Waals surface area contributed by atoms with Gasteiger partial charge in [-0.1, -0.05) is 15.9 Å². The second-order valence-electron chi connectivity index (χ2n) is 4.64. The minimum absolute atomic E-state index is 0.334. The van der Waals surface area contributed by atoms with E-state index >= 15 is 0 Å². The minimum Gasteiger partial charge on any atom is -0.475 e. The zero-order valence-corrected chi connectivity index (χ0v) is 14.7. The van der Waals surface area contributed by atoms with Crippen molar-refractivity contribution in [2.45, 2.75) is 12.7 Å². The monoisotopic (exact) mass is 459 g/mol. The first kappa shape index (κ1) is 22.4. The van der Waals surface area contributed by atoms with Crippen molar-refractivity contribution >= 4 is 21.9 Å². The molecule has 148 valence electrons. The lowest BCUT2D eigenvalue weighted by molar-refractivity contribution is -0.192. The summed E-state index contributed by atoms with van der Waals surface area (Å²) in [7, 11) is 0. The van der Waals surface area contributed by atoms with Gasteiger partial charge in [0.2, 0.25) is 0 Å². The highest BCUT2D eigenvalue weighted by molar-refractivity contribution is 9.10. The Bertz CT molecular complexity index is 889. The summed E-state index contributed by atoms with van der Waals surface area (Å²) in [5.74, 6) is -2.41. The third-order valence-electron chi connectivity index (χ3n) is 2.78. The number of aliphatic carboxylic acids is 1. The summed E-state index contributed by atoms with van der Waals surface area (Å²) in [6.07, 6.45) is -4.24. The van der Waals surface area contributed by atoms with Gasteiger partial charge in [-0.3, -0.25) is 0 Å². The van der Waals surface area contributed by atoms with Crippen LogP contribution >= 0.6 is 15.9 Å². The van der Waals surface area contributed by atoms with Gasteiger partial charge in [0, 0.05) is 22.8 Å². The van der Waals surface area contributed by atoms with E-state index in [-0.39, 0.29) is 18.7 Å². The molecule has 27 heavy (non-hydrogen) atoms. The summed E-state index contributed by atoms with van der Waals surface area (Å²) in [6.45, 7) is -0.685. The summed E-state index contributed by atoms with van der Waals surface area (Å²) < 4.78 is 59.6. The molecule has 0 saturated heterocycles. The standard InChI is InChI=1S/C11H10BrF2N5O.C2HF3O2/c12-8-1-2-16-9(3-8)18-6-17-19(11(18)20)5-7(4-15)10(13)14;3-2(4,5)1(6)7/h1-3,6H,4-5,15H2;(H,6,7). The van der Waals surface area contributed by atoms with Crippen LogP contribution in [0.4, 0.5) is 22.0 Å². The zero-order chi connectivity index (χ0) is 20.8. The Morgan fingerprint density at radius 3 is 2.37 bits per heavy atom. The quantitative estimate of drug-likeness (QED) is 0.674. The molecule has 2 rings (SSSR count). The number of alkyl halides is 3. The number of halogens is 6. The van der Waals surface area contributed by atoms with Crippen LogP contribution < -0.4 is 11.4 Å². The van der Waals surface area contributed by atoms with Crippen LogP contribution in [0.3, 0.4) is 0 Å². The highest BCUT2D eigenvalue weighted by Crippen LogP contribution is 2.13. The van der Waals surface area contributed by atoms with E-state index in [1.165, 1.54) is 12.5 Å². The Labute approximate surface area is 155 Å². The number of aromatic nitrogens is 4. The SMILES string of the molecule is NCC(Cn1ncn(-c2cc(Br)ccn2)c1=O)=C(F)F.O=C(O)C(F)(F)F. The van der Waals surface area contributed by atoms with Gasteiger partial charge in [0.15, 0.2) is 0 Å². The second kappa shape index (κ2) is 9.36. The number of carbonyl (C=O) groups is 1. The van der Waals surface area contributed by atoms with Crippen LogP contribution in [0.25, 0.3) is 5.82 Å². The number of hydrogen-bond donors (Lipinski definition) is 2. The number of carboxylic acids is 1. The van der Waals surface area contributed by atoms with Gasteiger partial charge < -0.3 is 10.8 Å². The molecular weight excluding hydrogens is 449 g/mol. The Hall–Kier alpha value is -2.61. The van der Waals surface area contributed by atoms with Crippen molar-refractivity contribution < 1.29 is 31.9 Å². The fraction of sp³-hybridized carbons (Fsp3) is 0.231. The van der Waals surface area contributed by atoms with Gasteiger partial charge in [-0.2, -0.15) is 27.1 Å². The van der Waals surface area contributed by atoms with E-state index in [0.29, 0.717) is 5.82 Å². The molecule has 0 atom stereocenters. The van der Waals surface area contributed by atoms with Crippen molar-refractivity contribution in [3.63, 3.8) is 0 Å². The average Bonchev–Trinajstić information content (AvgIpc) is 2.92. The summed E-state index contributed by atoms with van der Waals surface area (Å²) in [5, 5.41) is 10.9. The Balaban J connectivity index is 0.000000445. The fourth-order valence-electron chi connectivity index (χ4n) is 1.51. The number of nitrogens with zero attached hydrogens (tertiary/aromatic N) is 4. The van der Waals surface area contributed by atoms with Crippen molar-refractivity contribution in [3.8, 4) is 5.82 Å². The van der Waals surface area contributed by atoms with Crippen molar-refractivity contribution in [2.24, 2.45) is 5.73 Å². The number of carboxylic acid groups (broad SMARTS) is 1. The molecule has 3 N–H and O–H groups in total. The second-order valence-corrected chi connectivity index (χ2v) is 5.56. The average molecular weight is 460 g/mol. The number of rotatable bonds is 4. The highest BCUT2D eigenvalue weighted by Gasteiger charge is 2.38. The van der Waals surface area contributed by atoms with E-state index in [4.69, 9.17) is 15.6 Å². The number of hydrogen-bond acceptors (Lipinski definition) is 5. The van der Waals surface area contributed by atoms with Crippen LogP contribution in [0, 0.1) is 0 Å². The van der Waals surface area contributed by atoms with E-state index in [2.05, 4.69) is 26.0 Å². The predicted molar refractivity (Wildman–Crippen MR) is 85.3 cm³/mol. The molecule has 0 aliphatic heterocycles. The van der Waals surface area contributed by atoms with Crippen LogP contribution in [-0.2, 0) is 11.3 Å². The van der Waals surface area contributed by atoms with E-state index in [1.54, 1.807) is 12.1 Å². The molecule has 0 unspecified atom stereocenters. The largest absolute Gasteiger partial charge is 0.490 e. The van der Waals surface area contributed by atoms with Crippen LogP contribution in [0.2, 0.25) is 0 Å². The molecule has 14 heteroatoms.